The molecule has 0 atom stereocenters. The van der Waals surface area contributed by atoms with E-state index in [1.165, 1.54) is 12.3 Å². The van der Waals surface area contributed by atoms with Gasteiger partial charge in [0.25, 0.3) is 5.91 Å². The second-order valence-electron chi connectivity index (χ2n) is 5.15. The van der Waals surface area contributed by atoms with E-state index in [1.54, 1.807) is 36.1 Å². The lowest BCUT2D eigenvalue weighted by atomic mass is 10.1. The maximum absolute atomic E-state index is 13.8. The first-order chi connectivity index (χ1) is 9.66. The van der Waals surface area contributed by atoms with Crippen LogP contribution in [0.2, 0.25) is 0 Å². The first-order valence-electron chi connectivity index (χ1n) is 6.75. The van der Waals surface area contributed by atoms with Gasteiger partial charge in [0.15, 0.2) is 0 Å². The number of aryl methyl sites for hydroxylation is 1. The number of nitrogens with zero attached hydrogens (tertiary/aromatic N) is 1. The molecular weight excluding hydrogens is 257 g/mol. The highest BCUT2D eigenvalue weighted by atomic mass is 19.1. The molecule has 2 aromatic rings. The topological polar surface area (TPSA) is 33.5 Å². The Balaban J connectivity index is 1.85. The van der Waals surface area contributed by atoms with Gasteiger partial charge in [-0.25, -0.2) is 4.39 Å². The minimum atomic E-state index is -0.269. The van der Waals surface area contributed by atoms with Crippen LogP contribution in [0.25, 0.3) is 0 Å². The Morgan fingerprint density at radius 2 is 2.10 bits per heavy atom. The lowest BCUT2D eigenvalue weighted by Crippen LogP contribution is -2.33. The predicted molar refractivity (Wildman–Crippen MR) is 72.7 cm³/mol. The summed E-state index contributed by atoms with van der Waals surface area (Å²) >= 11 is 0. The molecule has 104 valence electrons. The summed E-state index contributed by atoms with van der Waals surface area (Å²) in [5, 5.41) is 0. The molecule has 3 nitrogen and oxygen atoms in total. The number of hydrogen-bond acceptors (Lipinski definition) is 2. The lowest BCUT2D eigenvalue weighted by molar-refractivity contribution is 0.0726. The fourth-order valence-electron chi connectivity index (χ4n) is 2.32. The van der Waals surface area contributed by atoms with Gasteiger partial charge in [-0.3, -0.25) is 4.79 Å². The van der Waals surface area contributed by atoms with Crippen molar-refractivity contribution in [3.63, 3.8) is 0 Å². The van der Waals surface area contributed by atoms with Crippen LogP contribution in [0.1, 0.15) is 34.5 Å². The van der Waals surface area contributed by atoms with Gasteiger partial charge in [0.2, 0.25) is 0 Å². The molecule has 1 saturated carbocycles. The normalized spacial score (nSPS) is 14.3. The Bertz CT molecular complexity index is 631. The summed E-state index contributed by atoms with van der Waals surface area (Å²) in [5.41, 5.74) is 1.11. The summed E-state index contributed by atoms with van der Waals surface area (Å²) < 4.78 is 19.0. The molecule has 1 heterocycles. The quantitative estimate of drug-likeness (QED) is 0.853. The molecule has 1 fully saturated rings. The van der Waals surface area contributed by atoms with E-state index >= 15 is 0 Å². The van der Waals surface area contributed by atoms with Crippen molar-refractivity contribution >= 4 is 5.91 Å². The Labute approximate surface area is 117 Å². The molecule has 0 unspecified atom stereocenters. The van der Waals surface area contributed by atoms with Crippen molar-refractivity contribution < 1.29 is 13.6 Å². The third-order valence-electron chi connectivity index (χ3n) is 3.64. The predicted octanol–water partition coefficient (Wildman–Crippen LogP) is 3.53. The van der Waals surface area contributed by atoms with Gasteiger partial charge in [-0.05, 0) is 31.9 Å². The van der Waals surface area contributed by atoms with E-state index in [-0.39, 0.29) is 17.8 Å². The molecular formula is C16H16FNO2. The zero-order valence-electron chi connectivity index (χ0n) is 11.3. The SMILES string of the molecule is Cc1occc1C(=O)N(Cc1ccccc1F)C1CC1. The summed E-state index contributed by atoms with van der Waals surface area (Å²) in [5.74, 6) is 0.256. The summed E-state index contributed by atoms with van der Waals surface area (Å²) in [7, 11) is 0. The molecule has 0 radical (unpaired) electrons. The number of hydrogen-bond donors (Lipinski definition) is 0. The van der Waals surface area contributed by atoms with Gasteiger partial charge in [0.1, 0.15) is 11.6 Å². The Kier molecular flexibility index (Phi) is 3.30. The highest BCUT2D eigenvalue weighted by Crippen LogP contribution is 2.30. The molecule has 1 aliphatic carbocycles. The van der Waals surface area contributed by atoms with Crippen molar-refractivity contribution in [2.24, 2.45) is 0 Å². The van der Waals surface area contributed by atoms with Crippen molar-refractivity contribution in [2.45, 2.75) is 32.4 Å². The smallest absolute Gasteiger partial charge is 0.257 e. The highest BCUT2D eigenvalue weighted by molar-refractivity contribution is 5.95. The summed E-state index contributed by atoms with van der Waals surface area (Å²) in [6.45, 7) is 2.07. The third kappa shape index (κ3) is 2.46. The number of carbonyl (C=O) groups excluding carboxylic acids is 1. The Morgan fingerprint density at radius 1 is 1.35 bits per heavy atom. The van der Waals surface area contributed by atoms with E-state index in [0.717, 1.165) is 12.8 Å². The van der Waals surface area contributed by atoms with Crippen LogP contribution in [0.3, 0.4) is 0 Å². The standard InChI is InChI=1S/C16H16FNO2/c1-11-14(8-9-20-11)16(19)18(13-6-7-13)10-12-4-2-3-5-15(12)17/h2-5,8-9,13H,6-7,10H2,1H3. The van der Waals surface area contributed by atoms with Gasteiger partial charge in [-0.1, -0.05) is 18.2 Å². The number of carbonyl (C=O) groups is 1. The van der Waals surface area contributed by atoms with Crippen LogP contribution >= 0.6 is 0 Å². The van der Waals surface area contributed by atoms with Crippen molar-refractivity contribution in [3.8, 4) is 0 Å². The first-order valence-corrected chi connectivity index (χ1v) is 6.75. The minimum Gasteiger partial charge on any atom is -0.469 e. The maximum atomic E-state index is 13.8. The summed E-state index contributed by atoms with van der Waals surface area (Å²) in [4.78, 5) is 14.3. The van der Waals surface area contributed by atoms with Crippen LogP contribution in [0.4, 0.5) is 4.39 Å². The molecule has 1 aliphatic rings. The van der Waals surface area contributed by atoms with Crippen LogP contribution in [-0.2, 0) is 6.54 Å². The van der Waals surface area contributed by atoms with Crippen molar-refractivity contribution in [3.05, 3.63) is 59.3 Å². The molecule has 0 N–H and O–H groups in total. The van der Waals surface area contributed by atoms with Crippen molar-refractivity contribution in [1.82, 2.24) is 4.90 Å². The van der Waals surface area contributed by atoms with Gasteiger partial charge in [-0.15, -0.1) is 0 Å². The number of benzene rings is 1. The largest absolute Gasteiger partial charge is 0.469 e. The molecule has 4 heteroatoms. The first kappa shape index (κ1) is 12.9. The van der Waals surface area contributed by atoms with Gasteiger partial charge in [0, 0.05) is 18.2 Å². The van der Waals surface area contributed by atoms with E-state index in [4.69, 9.17) is 4.42 Å². The van der Waals surface area contributed by atoms with Crippen LogP contribution in [0.5, 0.6) is 0 Å². The third-order valence-corrected chi connectivity index (χ3v) is 3.64. The number of amides is 1. The molecule has 0 spiro atoms. The van der Waals surface area contributed by atoms with E-state index < -0.39 is 0 Å². The monoisotopic (exact) mass is 273 g/mol. The fourth-order valence-corrected chi connectivity index (χ4v) is 2.32. The minimum absolute atomic E-state index is 0.0815. The van der Waals surface area contributed by atoms with Crippen LogP contribution in [0.15, 0.2) is 41.0 Å². The Hall–Kier alpha value is -2.10. The summed E-state index contributed by atoms with van der Waals surface area (Å²) in [6, 6.07) is 8.48. The maximum Gasteiger partial charge on any atom is 0.257 e. The lowest BCUT2D eigenvalue weighted by Gasteiger charge is -2.22. The van der Waals surface area contributed by atoms with Crippen molar-refractivity contribution in [2.75, 3.05) is 0 Å². The number of furan rings is 1. The molecule has 1 amide bonds. The average molecular weight is 273 g/mol. The van der Waals surface area contributed by atoms with Crippen LogP contribution in [0, 0.1) is 12.7 Å². The molecule has 0 aliphatic heterocycles. The number of halogens is 1. The highest BCUT2D eigenvalue weighted by Gasteiger charge is 2.34. The molecule has 0 bridgehead atoms. The van der Waals surface area contributed by atoms with Gasteiger partial charge >= 0.3 is 0 Å². The average Bonchev–Trinajstić information content (AvgIpc) is 3.19. The molecule has 0 saturated heterocycles. The van der Waals surface area contributed by atoms with E-state index in [1.807, 2.05) is 0 Å². The fraction of sp³-hybridized carbons (Fsp3) is 0.312. The molecule has 20 heavy (non-hydrogen) atoms. The van der Waals surface area contributed by atoms with E-state index in [9.17, 15) is 9.18 Å². The van der Waals surface area contributed by atoms with Gasteiger partial charge in [0.05, 0.1) is 11.8 Å². The molecule has 1 aromatic heterocycles. The Morgan fingerprint density at radius 3 is 2.70 bits per heavy atom. The second kappa shape index (κ2) is 5.12. The van der Waals surface area contributed by atoms with Gasteiger partial charge in [-0.2, -0.15) is 0 Å². The zero-order valence-corrected chi connectivity index (χ0v) is 11.3. The second-order valence-corrected chi connectivity index (χ2v) is 5.15. The molecule has 1 aromatic carbocycles. The number of rotatable bonds is 4. The van der Waals surface area contributed by atoms with Gasteiger partial charge < -0.3 is 9.32 Å². The summed E-state index contributed by atoms with van der Waals surface area (Å²) in [6.07, 6.45) is 3.48. The zero-order chi connectivity index (χ0) is 14.1. The van der Waals surface area contributed by atoms with Crippen LogP contribution in [-0.4, -0.2) is 16.8 Å². The van der Waals surface area contributed by atoms with E-state index in [2.05, 4.69) is 0 Å². The van der Waals surface area contributed by atoms with Crippen molar-refractivity contribution in [1.29, 1.82) is 0 Å². The molecule has 3 rings (SSSR count). The van der Waals surface area contributed by atoms with Crippen LogP contribution < -0.4 is 0 Å². The van der Waals surface area contributed by atoms with E-state index in [0.29, 0.717) is 23.4 Å².